The summed E-state index contributed by atoms with van der Waals surface area (Å²) in [6.07, 6.45) is 0. The van der Waals surface area contributed by atoms with Crippen LogP contribution >= 0.6 is 0 Å². The van der Waals surface area contributed by atoms with Crippen LogP contribution in [0.2, 0.25) is 0 Å². The Bertz CT molecular complexity index is 776. The van der Waals surface area contributed by atoms with Crippen molar-refractivity contribution in [2.24, 2.45) is 0 Å². The molecule has 0 aliphatic carbocycles. The van der Waals surface area contributed by atoms with E-state index < -0.39 is 27.5 Å². The Morgan fingerprint density at radius 1 is 1.00 bits per heavy atom. The maximum atomic E-state index is 13.0. The lowest BCUT2D eigenvalue weighted by Crippen LogP contribution is -2.24. The van der Waals surface area contributed by atoms with Crippen LogP contribution in [0.5, 0.6) is 0 Å². The van der Waals surface area contributed by atoms with E-state index in [-0.39, 0.29) is 22.6 Å². The molecule has 0 fully saturated rings. The second-order valence-electron chi connectivity index (χ2n) is 4.48. The van der Waals surface area contributed by atoms with Gasteiger partial charge >= 0.3 is 0 Å². The summed E-state index contributed by atoms with van der Waals surface area (Å²) in [6.45, 7) is 1.27. The number of hydrogen-bond acceptors (Lipinski definition) is 2. The van der Waals surface area contributed by atoms with E-state index in [2.05, 4.69) is 4.72 Å². The summed E-state index contributed by atoms with van der Waals surface area (Å²) in [7, 11) is -3.86. The third-order valence-corrected chi connectivity index (χ3v) is 4.44. The molecular formula is C14H12F3NO2S. The van der Waals surface area contributed by atoms with Crippen LogP contribution in [0.3, 0.4) is 0 Å². The van der Waals surface area contributed by atoms with Gasteiger partial charge in [-0.25, -0.2) is 26.3 Å². The molecule has 1 N–H and O–H groups in total. The molecular weight excluding hydrogens is 303 g/mol. The Morgan fingerprint density at radius 2 is 1.71 bits per heavy atom. The summed E-state index contributed by atoms with van der Waals surface area (Å²) in [5, 5.41) is 0. The van der Waals surface area contributed by atoms with E-state index in [0.29, 0.717) is 0 Å². The number of sulfonamides is 1. The van der Waals surface area contributed by atoms with Crippen LogP contribution in [0, 0.1) is 24.4 Å². The molecule has 2 aromatic carbocycles. The van der Waals surface area contributed by atoms with Gasteiger partial charge in [-0.1, -0.05) is 6.07 Å². The topological polar surface area (TPSA) is 46.2 Å². The quantitative estimate of drug-likeness (QED) is 0.943. The highest BCUT2D eigenvalue weighted by atomic mass is 32.2. The van der Waals surface area contributed by atoms with Gasteiger partial charge in [0.25, 0.3) is 0 Å². The molecule has 0 saturated carbocycles. The summed E-state index contributed by atoms with van der Waals surface area (Å²) in [5.74, 6) is -2.59. The number of benzene rings is 2. The average molecular weight is 315 g/mol. The van der Waals surface area contributed by atoms with Gasteiger partial charge in [0.05, 0.1) is 4.90 Å². The van der Waals surface area contributed by atoms with Crippen molar-refractivity contribution >= 4 is 10.0 Å². The van der Waals surface area contributed by atoms with Crippen molar-refractivity contribution in [1.82, 2.24) is 4.72 Å². The van der Waals surface area contributed by atoms with Gasteiger partial charge in [0.2, 0.25) is 10.0 Å². The van der Waals surface area contributed by atoms with Crippen LogP contribution < -0.4 is 4.72 Å². The van der Waals surface area contributed by atoms with Crippen molar-refractivity contribution in [2.75, 3.05) is 0 Å². The number of halogens is 3. The standard InChI is InChI=1S/C14H12F3NO2S/c1-9-6-11(15)3-5-14(9)21(19,20)18-8-10-2-4-12(16)13(17)7-10/h2-7,18H,8H2,1H3. The minimum Gasteiger partial charge on any atom is -0.207 e. The van der Waals surface area contributed by atoms with Gasteiger partial charge in [0.15, 0.2) is 11.6 Å². The molecule has 7 heteroatoms. The molecule has 0 heterocycles. The molecule has 0 aliphatic rings. The second kappa shape index (κ2) is 5.87. The molecule has 0 amide bonds. The summed E-state index contributed by atoms with van der Waals surface area (Å²) < 4.78 is 65.2. The zero-order valence-electron chi connectivity index (χ0n) is 11.0. The fraction of sp³-hybridized carbons (Fsp3) is 0.143. The van der Waals surface area contributed by atoms with Crippen LogP contribution in [0.4, 0.5) is 13.2 Å². The first kappa shape index (κ1) is 15.5. The van der Waals surface area contributed by atoms with Gasteiger partial charge in [-0.2, -0.15) is 0 Å². The number of hydrogen-bond donors (Lipinski definition) is 1. The van der Waals surface area contributed by atoms with Crippen LogP contribution in [0.25, 0.3) is 0 Å². The van der Waals surface area contributed by atoms with Gasteiger partial charge in [0, 0.05) is 6.54 Å². The van der Waals surface area contributed by atoms with Crippen molar-refractivity contribution in [3.63, 3.8) is 0 Å². The SMILES string of the molecule is Cc1cc(F)ccc1S(=O)(=O)NCc1ccc(F)c(F)c1. The number of aryl methyl sites for hydroxylation is 1. The summed E-state index contributed by atoms with van der Waals surface area (Å²) in [6, 6.07) is 6.40. The maximum Gasteiger partial charge on any atom is 0.241 e. The minimum absolute atomic E-state index is 0.0634. The first-order valence-corrected chi connectivity index (χ1v) is 7.47. The third kappa shape index (κ3) is 3.62. The lowest BCUT2D eigenvalue weighted by atomic mass is 10.2. The summed E-state index contributed by atoms with van der Waals surface area (Å²) in [4.78, 5) is -0.0634. The lowest BCUT2D eigenvalue weighted by molar-refractivity contribution is 0.506. The molecule has 0 atom stereocenters. The molecule has 0 radical (unpaired) electrons. The largest absolute Gasteiger partial charge is 0.241 e. The Morgan fingerprint density at radius 3 is 2.33 bits per heavy atom. The molecule has 0 spiro atoms. The monoisotopic (exact) mass is 315 g/mol. The van der Waals surface area contributed by atoms with Crippen LogP contribution in [-0.4, -0.2) is 8.42 Å². The average Bonchev–Trinajstić information content (AvgIpc) is 2.40. The van der Waals surface area contributed by atoms with Crippen molar-refractivity contribution < 1.29 is 21.6 Å². The fourth-order valence-corrected chi connectivity index (χ4v) is 3.06. The smallest absolute Gasteiger partial charge is 0.207 e. The molecule has 0 aromatic heterocycles. The van der Waals surface area contributed by atoms with Gasteiger partial charge < -0.3 is 0 Å². The molecule has 0 saturated heterocycles. The zero-order chi connectivity index (χ0) is 15.6. The molecule has 2 aromatic rings. The van der Waals surface area contributed by atoms with E-state index in [1.807, 2.05) is 0 Å². The Labute approximate surface area is 120 Å². The van der Waals surface area contributed by atoms with E-state index in [9.17, 15) is 21.6 Å². The van der Waals surface area contributed by atoms with E-state index in [4.69, 9.17) is 0 Å². The second-order valence-corrected chi connectivity index (χ2v) is 6.22. The highest BCUT2D eigenvalue weighted by Crippen LogP contribution is 2.16. The van der Waals surface area contributed by atoms with E-state index in [1.54, 1.807) is 0 Å². The van der Waals surface area contributed by atoms with Crippen LogP contribution in [0.15, 0.2) is 41.3 Å². The van der Waals surface area contributed by atoms with E-state index >= 15 is 0 Å². The third-order valence-electron chi connectivity index (χ3n) is 2.88. The maximum absolute atomic E-state index is 13.0. The van der Waals surface area contributed by atoms with Gasteiger partial charge in [0.1, 0.15) is 5.82 Å². The lowest BCUT2D eigenvalue weighted by Gasteiger charge is -2.09. The van der Waals surface area contributed by atoms with Crippen LogP contribution in [-0.2, 0) is 16.6 Å². The first-order chi connectivity index (χ1) is 9.79. The van der Waals surface area contributed by atoms with Gasteiger partial charge in [-0.3, -0.25) is 0 Å². The van der Waals surface area contributed by atoms with E-state index in [0.717, 1.165) is 30.3 Å². The summed E-state index contributed by atoms with van der Waals surface area (Å²) >= 11 is 0. The fourth-order valence-electron chi connectivity index (χ4n) is 1.82. The van der Waals surface area contributed by atoms with Gasteiger partial charge in [-0.05, 0) is 48.4 Å². The molecule has 0 bridgehead atoms. The van der Waals surface area contributed by atoms with E-state index in [1.165, 1.54) is 13.0 Å². The predicted octanol–water partition coefficient (Wildman–Crippen LogP) is 2.89. The minimum atomic E-state index is -3.86. The Balaban J connectivity index is 2.19. The molecule has 112 valence electrons. The summed E-state index contributed by atoms with van der Waals surface area (Å²) in [5.41, 5.74) is 0.532. The highest BCUT2D eigenvalue weighted by Gasteiger charge is 2.17. The Hall–Kier alpha value is -1.86. The van der Waals surface area contributed by atoms with Crippen molar-refractivity contribution in [2.45, 2.75) is 18.4 Å². The Kier molecular flexibility index (Phi) is 4.34. The zero-order valence-corrected chi connectivity index (χ0v) is 11.8. The number of rotatable bonds is 4. The van der Waals surface area contributed by atoms with Crippen molar-refractivity contribution in [1.29, 1.82) is 0 Å². The highest BCUT2D eigenvalue weighted by molar-refractivity contribution is 7.89. The normalized spacial score (nSPS) is 11.6. The molecule has 2 rings (SSSR count). The molecule has 21 heavy (non-hydrogen) atoms. The molecule has 3 nitrogen and oxygen atoms in total. The molecule has 0 unspecified atom stereocenters. The van der Waals surface area contributed by atoms with Crippen molar-refractivity contribution in [3.05, 3.63) is 65.0 Å². The molecule has 0 aliphatic heterocycles. The number of nitrogens with one attached hydrogen (secondary N) is 1. The van der Waals surface area contributed by atoms with Crippen LogP contribution in [0.1, 0.15) is 11.1 Å². The van der Waals surface area contributed by atoms with Crippen molar-refractivity contribution in [3.8, 4) is 0 Å². The first-order valence-electron chi connectivity index (χ1n) is 5.99. The van der Waals surface area contributed by atoms with Gasteiger partial charge in [-0.15, -0.1) is 0 Å². The predicted molar refractivity (Wildman–Crippen MR) is 71.5 cm³/mol.